The van der Waals surface area contributed by atoms with Gasteiger partial charge in [0.15, 0.2) is 0 Å². The first-order valence-corrected chi connectivity index (χ1v) is 5.50. The summed E-state index contributed by atoms with van der Waals surface area (Å²) in [5.41, 5.74) is 6.90. The Labute approximate surface area is 93.3 Å². The minimum Gasteiger partial charge on any atom is -0.391 e. The average molecular weight is 258 g/mol. The van der Waals surface area contributed by atoms with Crippen LogP contribution in [0.15, 0.2) is 28.7 Å². The van der Waals surface area contributed by atoms with E-state index >= 15 is 0 Å². The fourth-order valence-electron chi connectivity index (χ4n) is 1.33. The Bertz CT molecular complexity index is 301. The maximum Gasteiger partial charge on any atom is 0.0755 e. The van der Waals surface area contributed by atoms with Crippen LogP contribution < -0.4 is 5.73 Å². The van der Waals surface area contributed by atoms with Crippen molar-refractivity contribution >= 4 is 15.9 Å². The van der Waals surface area contributed by atoms with Gasteiger partial charge in [-0.05, 0) is 23.6 Å². The summed E-state index contributed by atoms with van der Waals surface area (Å²) >= 11 is 3.38. The van der Waals surface area contributed by atoms with E-state index in [1.54, 1.807) is 0 Å². The van der Waals surface area contributed by atoms with Crippen LogP contribution in [0, 0.1) is 5.92 Å². The first-order valence-electron chi connectivity index (χ1n) is 4.71. The number of hydrogen-bond donors (Lipinski definition) is 2. The molecule has 0 spiro atoms. The molecule has 1 aromatic rings. The van der Waals surface area contributed by atoms with Gasteiger partial charge in [-0.3, -0.25) is 0 Å². The van der Waals surface area contributed by atoms with Crippen molar-refractivity contribution in [2.24, 2.45) is 11.7 Å². The van der Waals surface area contributed by atoms with Crippen LogP contribution in [0.1, 0.15) is 25.5 Å². The van der Waals surface area contributed by atoms with Gasteiger partial charge >= 0.3 is 0 Å². The molecule has 2 atom stereocenters. The molecule has 0 heterocycles. The van der Waals surface area contributed by atoms with Gasteiger partial charge in [0, 0.05) is 4.47 Å². The fourth-order valence-corrected chi connectivity index (χ4v) is 1.74. The fraction of sp³-hybridized carbons (Fsp3) is 0.455. The zero-order valence-corrected chi connectivity index (χ0v) is 10.0. The van der Waals surface area contributed by atoms with Crippen LogP contribution in [-0.2, 0) is 0 Å². The molecule has 0 aromatic heterocycles. The molecule has 2 unspecified atom stereocenters. The number of halogens is 1. The summed E-state index contributed by atoms with van der Waals surface area (Å²) < 4.78 is 0.987. The smallest absolute Gasteiger partial charge is 0.0755 e. The monoisotopic (exact) mass is 257 g/mol. The molecule has 2 nitrogen and oxygen atoms in total. The zero-order chi connectivity index (χ0) is 10.7. The van der Waals surface area contributed by atoms with E-state index in [0.717, 1.165) is 10.0 Å². The highest BCUT2D eigenvalue weighted by molar-refractivity contribution is 9.10. The molecule has 0 aliphatic rings. The van der Waals surface area contributed by atoms with E-state index in [4.69, 9.17) is 5.73 Å². The average Bonchev–Trinajstić information content (AvgIpc) is 2.15. The molecule has 0 aliphatic heterocycles. The highest BCUT2D eigenvalue weighted by Crippen LogP contribution is 2.22. The van der Waals surface area contributed by atoms with Crippen molar-refractivity contribution in [1.29, 1.82) is 0 Å². The summed E-state index contributed by atoms with van der Waals surface area (Å²) in [7, 11) is 0. The van der Waals surface area contributed by atoms with E-state index in [0.29, 0.717) is 0 Å². The number of aliphatic hydroxyl groups is 1. The second-order valence-corrected chi connectivity index (χ2v) is 4.73. The van der Waals surface area contributed by atoms with Gasteiger partial charge in [0.2, 0.25) is 0 Å². The van der Waals surface area contributed by atoms with Crippen LogP contribution in [0.25, 0.3) is 0 Å². The molecule has 3 N–H and O–H groups in total. The maximum absolute atomic E-state index is 9.80. The summed E-state index contributed by atoms with van der Waals surface area (Å²) in [6.45, 7) is 3.92. The Morgan fingerprint density at radius 2 is 2.00 bits per heavy atom. The van der Waals surface area contributed by atoms with Gasteiger partial charge in [0.25, 0.3) is 0 Å². The van der Waals surface area contributed by atoms with Gasteiger partial charge in [0.05, 0.1) is 12.1 Å². The molecule has 0 fully saturated rings. The van der Waals surface area contributed by atoms with Gasteiger partial charge in [-0.25, -0.2) is 0 Å². The summed E-state index contributed by atoms with van der Waals surface area (Å²) in [5.74, 6) is 0.170. The van der Waals surface area contributed by atoms with E-state index < -0.39 is 6.10 Å². The summed E-state index contributed by atoms with van der Waals surface area (Å²) in [4.78, 5) is 0. The highest BCUT2D eigenvalue weighted by Gasteiger charge is 2.19. The van der Waals surface area contributed by atoms with Crippen molar-refractivity contribution < 1.29 is 5.11 Å². The standard InChI is InChI=1S/C11H16BrNO/c1-7(2)11(14)10(13)8-4-3-5-9(12)6-8/h3-7,10-11,14H,13H2,1-2H3. The van der Waals surface area contributed by atoms with E-state index in [1.165, 1.54) is 0 Å². The number of hydrogen-bond acceptors (Lipinski definition) is 2. The van der Waals surface area contributed by atoms with Crippen molar-refractivity contribution in [3.8, 4) is 0 Å². The summed E-state index contributed by atoms with van der Waals surface area (Å²) in [5, 5.41) is 9.80. The zero-order valence-electron chi connectivity index (χ0n) is 8.44. The van der Waals surface area contributed by atoms with Crippen molar-refractivity contribution in [3.63, 3.8) is 0 Å². The van der Waals surface area contributed by atoms with Crippen molar-refractivity contribution in [3.05, 3.63) is 34.3 Å². The largest absolute Gasteiger partial charge is 0.391 e. The molecule has 0 saturated carbocycles. The normalized spacial score (nSPS) is 15.6. The van der Waals surface area contributed by atoms with Gasteiger partial charge in [-0.15, -0.1) is 0 Å². The SMILES string of the molecule is CC(C)C(O)C(N)c1cccc(Br)c1. The van der Waals surface area contributed by atoms with E-state index in [-0.39, 0.29) is 12.0 Å². The predicted molar refractivity (Wildman–Crippen MR) is 61.9 cm³/mol. The first-order chi connectivity index (χ1) is 6.52. The Balaban J connectivity index is 2.83. The number of rotatable bonds is 3. The highest BCUT2D eigenvalue weighted by atomic mass is 79.9. The molecule has 0 saturated heterocycles. The Morgan fingerprint density at radius 1 is 1.36 bits per heavy atom. The quantitative estimate of drug-likeness (QED) is 0.874. The molecule has 0 aliphatic carbocycles. The Kier molecular flexibility index (Phi) is 4.11. The van der Waals surface area contributed by atoms with E-state index in [9.17, 15) is 5.11 Å². The minimum absolute atomic E-state index is 0.170. The summed E-state index contributed by atoms with van der Waals surface area (Å²) in [6.07, 6.45) is -0.496. The molecule has 0 radical (unpaired) electrons. The second kappa shape index (κ2) is 4.91. The lowest BCUT2D eigenvalue weighted by molar-refractivity contribution is 0.0979. The molecule has 3 heteroatoms. The first kappa shape index (κ1) is 11.7. The lowest BCUT2D eigenvalue weighted by atomic mass is 9.95. The number of nitrogens with two attached hydrogens (primary N) is 1. The third-order valence-corrected chi connectivity index (χ3v) is 2.78. The Morgan fingerprint density at radius 3 is 2.50 bits per heavy atom. The second-order valence-electron chi connectivity index (χ2n) is 3.82. The minimum atomic E-state index is -0.496. The van der Waals surface area contributed by atoms with Crippen molar-refractivity contribution in [2.75, 3.05) is 0 Å². The predicted octanol–water partition coefficient (Wildman–Crippen LogP) is 2.47. The molecular weight excluding hydrogens is 242 g/mol. The van der Waals surface area contributed by atoms with E-state index in [1.807, 2.05) is 38.1 Å². The van der Waals surface area contributed by atoms with Crippen molar-refractivity contribution in [2.45, 2.75) is 26.0 Å². The van der Waals surface area contributed by atoms with Crippen molar-refractivity contribution in [1.82, 2.24) is 0 Å². The number of aliphatic hydroxyl groups excluding tert-OH is 1. The van der Waals surface area contributed by atoms with Gasteiger partial charge in [0.1, 0.15) is 0 Å². The van der Waals surface area contributed by atoms with Crippen LogP contribution in [0.2, 0.25) is 0 Å². The van der Waals surface area contributed by atoms with Gasteiger partial charge in [-0.1, -0.05) is 41.9 Å². The molecule has 1 aromatic carbocycles. The maximum atomic E-state index is 9.80. The number of benzene rings is 1. The lowest BCUT2D eigenvalue weighted by Gasteiger charge is -2.22. The molecule has 14 heavy (non-hydrogen) atoms. The molecule has 0 bridgehead atoms. The molecule has 0 amide bonds. The van der Waals surface area contributed by atoms with Crippen LogP contribution in [0.3, 0.4) is 0 Å². The third-order valence-electron chi connectivity index (χ3n) is 2.28. The molecule has 1 rings (SSSR count). The van der Waals surface area contributed by atoms with Crippen LogP contribution >= 0.6 is 15.9 Å². The van der Waals surface area contributed by atoms with Crippen LogP contribution in [-0.4, -0.2) is 11.2 Å². The van der Waals surface area contributed by atoms with E-state index in [2.05, 4.69) is 15.9 Å². The third kappa shape index (κ3) is 2.80. The summed E-state index contributed by atoms with van der Waals surface area (Å²) in [6, 6.07) is 7.43. The molecule has 78 valence electrons. The van der Waals surface area contributed by atoms with Gasteiger partial charge in [-0.2, -0.15) is 0 Å². The topological polar surface area (TPSA) is 46.2 Å². The van der Waals surface area contributed by atoms with Crippen LogP contribution in [0.5, 0.6) is 0 Å². The Hall–Kier alpha value is -0.380. The lowest BCUT2D eigenvalue weighted by Crippen LogP contribution is -2.30. The van der Waals surface area contributed by atoms with Gasteiger partial charge < -0.3 is 10.8 Å². The van der Waals surface area contributed by atoms with Crippen LogP contribution in [0.4, 0.5) is 0 Å². The molecular formula is C11H16BrNO.